The Kier molecular flexibility index (Phi) is 2.77. The van der Waals surface area contributed by atoms with E-state index < -0.39 is 27.0 Å². The van der Waals surface area contributed by atoms with Gasteiger partial charge in [-0.05, 0) is 23.8 Å². The zero-order chi connectivity index (χ0) is 13.6. The van der Waals surface area contributed by atoms with Crippen LogP contribution in [-0.2, 0) is 20.5 Å². The summed E-state index contributed by atoms with van der Waals surface area (Å²) < 4.78 is 31.2. The van der Waals surface area contributed by atoms with Gasteiger partial charge >= 0.3 is 0 Å². The highest BCUT2D eigenvalue weighted by Crippen LogP contribution is 2.38. The first-order chi connectivity index (χ1) is 8.26. The number of nitrogens with two attached hydrogens (primary N) is 1. The Labute approximate surface area is 103 Å². The number of anilines is 1. The van der Waals surface area contributed by atoms with Crippen LogP contribution >= 0.6 is 0 Å². The zero-order valence-electron chi connectivity index (χ0n) is 9.20. The molecule has 2 rings (SSSR count). The van der Waals surface area contributed by atoms with Crippen molar-refractivity contribution in [3.63, 3.8) is 0 Å². The molecule has 1 unspecified atom stereocenters. The Morgan fingerprint density at radius 2 is 2.06 bits per heavy atom. The van der Waals surface area contributed by atoms with Crippen LogP contribution in [0.5, 0.6) is 0 Å². The lowest BCUT2D eigenvalue weighted by atomic mass is 9.83. The van der Waals surface area contributed by atoms with Crippen LogP contribution in [0.2, 0.25) is 0 Å². The van der Waals surface area contributed by atoms with E-state index in [1.54, 1.807) is 0 Å². The van der Waals surface area contributed by atoms with E-state index in [0.29, 0.717) is 11.3 Å². The number of rotatable bonds is 2. The fraction of sp³-hybridized carbons (Fsp3) is 0.182. The van der Waals surface area contributed by atoms with Crippen LogP contribution in [0.15, 0.2) is 23.1 Å². The maximum absolute atomic E-state index is 11.1. The summed E-state index contributed by atoms with van der Waals surface area (Å²) in [5.41, 5.74) is 4.47. The molecule has 0 heterocycles. The number of benzene rings is 1. The number of carbonyl (C=O) groups is 1. The molecule has 1 aliphatic rings. The van der Waals surface area contributed by atoms with Gasteiger partial charge in [-0.1, -0.05) is 6.07 Å². The number of aldehydes is 1. The average molecular weight is 269 g/mol. The third-order valence-corrected chi connectivity index (χ3v) is 3.76. The molecular formula is C11H11NO5S. The molecule has 0 bridgehead atoms. The first-order valence-electron chi connectivity index (χ1n) is 5.03. The first kappa shape index (κ1) is 12.7. The number of hydrogen-bond donors (Lipinski definition) is 3. The predicted octanol–water partition coefficient (Wildman–Crippen LogP) is 0.288. The molecule has 0 aromatic heterocycles. The lowest BCUT2D eigenvalue weighted by Crippen LogP contribution is -2.32. The van der Waals surface area contributed by atoms with Gasteiger partial charge in [0.05, 0.1) is 4.91 Å². The molecule has 0 radical (unpaired) electrons. The zero-order valence-corrected chi connectivity index (χ0v) is 10.0. The minimum Gasteiger partial charge on any atom is -0.399 e. The fourth-order valence-corrected chi connectivity index (χ4v) is 2.61. The summed E-state index contributed by atoms with van der Waals surface area (Å²) in [4.78, 5) is 10.6. The molecule has 96 valence electrons. The molecule has 18 heavy (non-hydrogen) atoms. The van der Waals surface area contributed by atoms with Crippen LogP contribution in [0.4, 0.5) is 5.69 Å². The minimum absolute atomic E-state index is 0.227. The van der Waals surface area contributed by atoms with Gasteiger partial charge in [0.1, 0.15) is 5.60 Å². The van der Waals surface area contributed by atoms with Crippen LogP contribution in [0.1, 0.15) is 17.5 Å². The molecule has 0 amide bonds. The SMILES string of the molecule is Nc1ccc2c(c1)C(O)(C=O)CC(S(=O)(=O)O)=C2. The van der Waals surface area contributed by atoms with Crippen LogP contribution in [0.3, 0.4) is 0 Å². The second kappa shape index (κ2) is 3.91. The second-order valence-electron chi connectivity index (χ2n) is 4.15. The van der Waals surface area contributed by atoms with Crippen molar-refractivity contribution in [1.82, 2.24) is 0 Å². The van der Waals surface area contributed by atoms with Crippen LogP contribution in [0, 0.1) is 0 Å². The van der Waals surface area contributed by atoms with E-state index in [9.17, 15) is 18.3 Å². The Morgan fingerprint density at radius 1 is 1.39 bits per heavy atom. The van der Waals surface area contributed by atoms with E-state index in [2.05, 4.69) is 0 Å². The summed E-state index contributed by atoms with van der Waals surface area (Å²) >= 11 is 0. The number of carbonyl (C=O) groups excluding carboxylic acids is 1. The van der Waals surface area contributed by atoms with Gasteiger partial charge in [0.25, 0.3) is 10.1 Å². The van der Waals surface area contributed by atoms with E-state index in [4.69, 9.17) is 10.3 Å². The largest absolute Gasteiger partial charge is 0.399 e. The average Bonchev–Trinajstić information content (AvgIpc) is 2.28. The van der Waals surface area contributed by atoms with Crippen LogP contribution in [0.25, 0.3) is 6.08 Å². The third-order valence-electron chi connectivity index (χ3n) is 2.83. The lowest BCUT2D eigenvalue weighted by Gasteiger charge is -2.28. The van der Waals surface area contributed by atoms with Gasteiger partial charge < -0.3 is 10.8 Å². The maximum atomic E-state index is 11.1. The summed E-state index contributed by atoms with van der Waals surface area (Å²) in [5.74, 6) is 0. The number of hydrogen-bond acceptors (Lipinski definition) is 5. The van der Waals surface area contributed by atoms with E-state index in [0.717, 1.165) is 0 Å². The van der Waals surface area contributed by atoms with Gasteiger partial charge in [0, 0.05) is 17.7 Å². The van der Waals surface area contributed by atoms with Crippen LogP contribution < -0.4 is 5.73 Å². The molecule has 1 atom stereocenters. The molecular weight excluding hydrogens is 258 g/mol. The molecule has 0 fully saturated rings. The van der Waals surface area contributed by atoms with E-state index in [1.165, 1.54) is 24.3 Å². The second-order valence-corrected chi connectivity index (χ2v) is 5.63. The minimum atomic E-state index is -4.45. The monoisotopic (exact) mass is 269 g/mol. The summed E-state index contributed by atoms with van der Waals surface area (Å²) in [5, 5.41) is 10.2. The molecule has 1 aliphatic carbocycles. The van der Waals surface area contributed by atoms with E-state index >= 15 is 0 Å². The first-order valence-corrected chi connectivity index (χ1v) is 6.47. The quantitative estimate of drug-likeness (QED) is 0.403. The molecule has 7 heteroatoms. The van der Waals surface area contributed by atoms with E-state index in [-0.39, 0.29) is 11.8 Å². The molecule has 0 spiro atoms. The Morgan fingerprint density at radius 3 is 2.61 bits per heavy atom. The van der Waals surface area contributed by atoms with Crippen molar-refractivity contribution in [2.75, 3.05) is 5.73 Å². The fourth-order valence-electron chi connectivity index (χ4n) is 1.93. The standard InChI is InChI=1S/C11H11NO5S/c12-8-2-1-7-3-9(18(15,16)17)5-11(14,6-13)10(7)4-8/h1-4,6,14H,5,12H2,(H,15,16,17). The van der Waals surface area contributed by atoms with Crippen molar-refractivity contribution >= 4 is 28.2 Å². The summed E-state index contributed by atoms with van der Waals surface area (Å²) in [6.07, 6.45) is 0.942. The smallest absolute Gasteiger partial charge is 0.290 e. The maximum Gasteiger partial charge on any atom is 0.290 e. The summed E-state index contributed by atoms with van der Waals surface area (Å²) in [6, 6.07) is 4.39. The molecule has 0 aliphatic heterocycles. The van der Waals surface area contributed by atoms with Gasteiger partial charge in [-0.2, -0.15) is 8.42 Å². The Balaban J connectivity index is 2.72. The molecule has 0 saturated heterocycles. The molecule has 0 saturated carbocycles. The van der Waals surface area contributed by atoms with Crippen molar-refractivity contribution in [3.05, 3.63) is 34.2 Å². The highest BCUT2D eigenvalue weighted by Gasteiger charge is 2.38. The normalized spacial score (nSPS) is 23.1. The highest BCUT2D eigenvalue weighted by molar-refractivity contribution is 7.90. The van der Waals surface area contributed by atoms with Crippen molar-refractivity contribution in [2.45, 2.75) is 12.0 Å². The van der Waals surface area contributed by atoms with E-state index in [1.807, 2.05) is 0 Å². The predicted molar refractivity (Wildman–Crippen MR) is 65.0 cm³/mol. The third kappa shape index (κ3) is 2.03. The molecule has 1 aromatic carbocycles. The van der Waals surface area contributed by atoms with Crippen LogP contribution in [-0.4, -0.2) is 24.4 Å². The Hall–Kier alpha value is -1.70. The van der Waals surface area contributed by atoms with Gasteiger partial charge in [0.2, 0.25) is 0 Å². The number of nitrogen functional groups attached to an aromatic ring is 1. The summed E-state index contributed by atoms with van der Waals surface area (Å²) in [7, 11) is -4.45. The van der Waals surface area contributed by atoms with Crippen molar-refractivity contribution in [1.29, 1.82) is 0 Å². The summed E-state index contributed by atoms with van der Waals surface area (Å²) in [6.45, 7) is 0. The number of aliphatic hydroxyl groups is 1. The lowest BCUT2D eigenvalue weighted by molar-refractivity contribution is -0.124. The molecule has 6 nitrogen and oxygen atoms in total. The van der Waals surface area contributed by atoms with Gasteiger partial charge in [-0.15, -0.1) is 0 Å². The number of fused-ring (bicyclic) bond motifs is 1. The van der Waals surface area contributed by atoms with Crippen molar-refractivity contribution < 1.29 is 22.9 Å². The highest BCUT2D eigenvalue weighted by atomic mass is 32.2. The van der Waals surface area contributed by atoms with Crippen molar-refractivity contribution in [2.24, 2.45) is 0 Å². The molecule has 1 aromatic rings. The Bertz CT molecular complexity index is 649. The van der Waals surface area contributed by atoms with Gasteiger partial charge in [-0.25, -0.2) is 0 Å². The van der Waals surface area contributed by atoms with Gasteiger partial charge in [-0.3, -0.25) is 9.35 Å². The molecule has 4 N–H and O–H groups in total. The van der Waals surface area contributed by atoms with Gasteiger partial charge in [0.15, 0.2) is 6.29 Å². The van der Waals surface area contributed by atoms with Crippen molar-refractivity contribution in [3.8, 4) is 0 Å². The topological polar surface area (TPSA) is 118 Å².